The van der Waals surface area contributed by atoms with Crippen LogP contribution in [0, 0.1) is 11.8 Å². The van der Waals surface area contributed by atoms with Crippen LogP contribution in [-0.4, -0.2) is 31.6 Å². The lowest BCUT2D eigenvalue weighted by atomic mass is 10.0. The third kappa shape index (κ3) is 5.86. The van der Waals surface area contributed by atoms with Crippen LogP contribution in [0.25, 0.3) is 0 Å². The van der Waals surface area contributed by atoms with E-state index in [0.29, 0.717) is 0 Å². The lowest BCUT2D eigenvalue weighted by Crippen LogP contribution is -2.25. The van der Waals surface area contributed by atoms with E-state index in [4.69, 9.17) is 5.73 Å². The lowest BCUT2D eigenvalue weighted by Gasteiger charge is -2.21. The molecule has 96 valence electrons. The molecule has 1 aliphatic carbocycles. The first kappa shape index (κ1) is 14.0. The molecular weight excluding hydrogens is 196 g/mol. The van der Waals surface area contributed by atoms with E-state index in [0.717, 1.165) is 18.4 Å². The molecule has 2 N–H and O–H groups in total. The molecule has 1 fully saturated rings. The molecule has 2 heteroatoms. The Hall–Kier alpha value is -0.0800. The highest BCUT2D eigenvalue weighted by Gasteiger charge is 2.16. The molecule has 0 bridgehead atoms. The van der Waals surface area contributed by atoms with E-state index in [2.05, 4.69) is 18.9 Å². The highest BCUT2D eigenvalue weighted by molar-refractivity contribution is 4.70. The van der Waals surface area contributed by atoms with E-state index < -0.39 is 0 Å². The third-order valence-electron chi connectivity index (χ3n) is 3.94. The third-order valence-corrected chi connectivity index (χ3v) is 3.94. The second-order valence-electron chi connectivity index (χ2n) is 5.74. The molecule has 0 aromatic heterocycles. The molecule has 1 aliphatic rings. The van der Waals surface area contributed by atoms with E-state index in [1.54, 1.807) is 0 Å². The Morgan fingerprint density at radius 1 is 1.25 bits per heavy atom. The maximum Gasteiger partial charge on any atom is 0.000661 e. The Balaban J connectivity index is 1.98. The first-order valence-electron chi connectivity index (χ1n) is 7.11. The van der Waals surface area contributed by atoms with Gasteiger partial charge in [0.15, 0.2) is 0 Å². The van der Waals surface area contributed by atoms with Crippen LogP contribution >= 0.6 is 0 Å². The SMILES string of the molecule is CC(CCN)CCCN(C)CC1CCCC1. The van der Waals surface area contributed by atoms with Crippen LogP contribution in [0.5, 0.6) is 0 Å². The predicted octanol–water partition coefficient (Wildman–Crippen LogP) is 2.87. The van der Waals surface area contributed by atoms with E-state index in [1.165, 1.54) is 58.0 Å². The van der Waals surface area contributed by atoms with Crippen molar-refractivity contribution in [2.75, 3.05) is 26.7 Å². The van der Waals surface area contributed by atoms with Gasteiger partial charge in [0.05, 0.1) is 0 Å². The maximum atomic E-state index is 5.56. The fourth-order valence-electron chi connectivity index (χ4n) is 2.86. The van der Waals surface area contributed by atoms with Crippen LogP contribution in [0.1, 0.15) is 51.9 Å². The van der Waals surface area contributed by atoms with E-state index >= 15 is 0 Å². The lowest BCUT2D eigenvalue weighted by molar-refractivity contribution is 0.266. The molecule has 2 nitrogen and oxygen atoms in total. The molecule has 0 radical (unpaired) electrons. The highest BCUT2D eigenvalue weighted by atomic mass is 15.1. The van der Waals surface area contributed by atoms with Gasteiger partial charge in [0, 0.05) is 6.54 Å². The molecule has 0 spiro atoms. The Kier molecular flexibility index (Phi) is 7.06. The maximum absolute atomic E-state index is 5.56. The van der Waals surface area contributed by atoms with E-state index in [-0.39, 0.29) is 0 Å². The summed E-state index contributed by atoms with van der Waals surface area (Å²) in [5.41, 5.74) is 5.56. The number of nitrogens with two attached hydrogens (primary N) is 1. The molecule has 0 aromatic rings. The van der Waals surface area contributed by atoms with Crippen molar-refractivity contribution >= 4 is 0 Å². The zero-order chi connectivity index (χ0) is 11.8. The first-order chi connectivity index (χ1) is 7.72. The average molecular weight is 226 g/mol. The second-order valence-corrected chi connectivity index (χ2v) is 5.74. The summed E-state index contributed by atoms with van der Waals surface area (Å²) in [6, 6.07) is 0. The predicted molar refractivity (Wildman–Crippen MR) is 71.5 cm³/mol. The Bertz CT molecular complexity index is 164. The van der Waals surface area contributed by atoms with Gasteiger partial charge < -0.3 is 10.6 Å². The molecule has 0 heterocycles. The van der Waals surface area contributed by atoms with Gasteiger partial charge in [-0.05, 0) is 64.1 Å². The van der Waals surface area contributed by atoms with Gasteiger partial charge >= 0.3 is 0 Å². The Labute approximate surface area is 102 Å². The number of hydrogen-bond donors (Lipinski definition) is 1. The van der Waals surface area contributed by atoms with Crippen molar-refractivity contribution in [1.82, 2.24) is 4.90 Å². The molecule has 1 saturated carbocycles. The van der Waals surface area contributed by atoms with Crippen molar-refractivity contribution in [2.45, 2.75) is 51.9 Å². The van der Waals surface area contributed by atoms with Gasteiger partial charge in [-0.3, -0.25) is 0 Å². The summed E-state index contributed by atoms with van der Waals surface area (Å²) in [4.78, 5) is 2.53. The van der Waals surface area contributed by atoms with Crippen molar-refractivity contribution in [3.8, 4) is 0 Å². The molecular formula is C14H30N2. The zero-order valence-corrected chi connectivity index (χ0v) is 11.3. The largest absolute Gasteiger partial charge is 0.330 e. The Morgan fingerprint density at radius 2 is 1.94 bits per heavy atom. The molecule has 0 aromatic carbocycles. The van der Waals surface area contributed by atoms with Crippen LogP contribution in [0.15, 0.2) is 0 Å². The van der Waals surface area contributed by atoms with Crippen molar-refractivity contribution in [3.05, 3.63) is 0 Å². The summed E-state index contributed by atoms with van der Waals surface area (Å²) < 4.78 is 0. The van der Waals surface area contributed by atoms with Crippen molar-refractivity contribution in [3.63, 3.8) is 0 Å². The summed E-state index contributed by atoms with van der Waals surface area (Å²) in [6.07, 6.45) is 9.73. The van der Waals surface area contributed by atoms with Crippen molar-refractivity contribution < 1.29 is 0 Å². The number of rotatable bonds is 8. The van der Waals surface area contributed by atoms with E-state index in [1.807, 2.05) is 0 Å². The molecule has 16 heavy (non-hydrogen) atoms. The van der Waals surface area contributed by atoms with Gasteiger partial charge in [0.2, 0.25) is 0 Å². The van der Waals surface area contributed by atoms with Gasteiger partial charge in [-0.15, -0.1) is 0 Å². The molecule has 0 saturated heterocycles. The molecule has 1 rings (SSSR count). The summed E-state index contributed by atoms with van der Waals surface area (Å²) in [5.74, 6) is 1.80. The second kappa shape index (κ2) is 8.08. The first-order valence-corrected chi connectivity index (χ1v) is 7.11. The van der Waals surface area contributed by atoms with Gasteiger partial charge in [0.25, 0.3) is 0 Å². The van der Waals surface area contributed by atoms with Crippen LogP contribution in [-0.2, 0) is 0 Å². The normalized spacial score (nSPS) is 19.5. The summed E-state index contributed by atoms with van der Waals surface area (Å²) in [7, 11) is 2.28. The smallest absolute Gasteiger partial charge is 0.000661 e. The van der Waals surface area contributed by atoms with Crippen LogP contribution in [0.2, 0.25) is 0 Å². The fraction of sp³-hybridized carbons (Fsp3) is 1.00. The number of hydrogen-bond acceptors (Lipinski definition) is 2. The molecule has 0 amide bonds. The van der Waals surface area contributed by atoms with Crippen molar-refractivity contribution in [2.24, 2.45) is 17.6 Å². The fourth-order valence-corrected chi connectivity index (χ4v) is 2.86. The van der Waals surface area contributed by atoms with Crippen LogP contribution < -0.4 is 5.73 Å². The van der Waals surface area contributed by atoms with Crippen LogP contribution in [0.4, 0.5) is 0 Å². The van der Waals surface area contributed by atoms with Gasteiger partial charge in [0.1, 0.15) is 0 Å². The minimum Gasteiger partial charge on any atom is -0.330 e. The molecule has 1 unspecified atom stereocenters. The minimum atomic E-state index is 0.810. The molecule has 1 atom stereocenters. The molecule has 0 aliphatic heterocycles. The minimum absolute atomic E-state index is 0.810. The zero-order valence-electron chi connectivity index (χ0n) is 11.3. The Morgan fingerprint density at radius 3 is 2.56 bits per heavy atom. The summed E-state index contributed by atoms with van der Waals surface area (Å²) in [6.45, 7) is 5.76. The number of nitrogens with zero attached hydrogens (tertiary/aromatic N) is 1. The van der Waals surface area contributed by atoms with Gasteiger partial charge in [-0.2, -0.15) is 0 Å². The standard InChI is InChI=1S/C14H30N2/c1-13(9-10-15)6-5-11-16(2)12-14-7-3-4-8-14/h13-14H,3-12,15H2,1-2H3. The van der Waals surface area contributed by atoms with Crippen LogP contribution in [0.3, 0.4) is 0 Å². The topological polar surface area (TPSA) is 29.3 Å². The average Bonchev–Trinajstić information content (AvgIpc) is 2.70. The van der Waals surface area contributed by atoms with Gasteiger partial charge in [-0.25, -0.2) is 0 Å². The summed E-state index contributed by atoms with van der Waals surface area (Å²) >= 11 is 0. The van der Waals surface area contributed by atoms with Crippen molar-refractivity contribution in [1.29, 1.82) is 0 Å². The van der Waals surface area contributed by atoms with E-state index in [9.17, 15) is 0 Å². The quantitative estimate of drug-likeness (QED) is 0.689. The summed E-state index contributed by atoms with van der Waals surface area (Å²) in [5, 5.41) is 0. The van der Waals surface area contributed by atoms with Gasteiger partial charge in [-0.1, -0.05) is 19.8 Å². The monoisotopic (exact) mass is 226 g/mol. The highest BCUT2D eigenvalue weighted by Crippen LogP contribution is 2.25.